The van der Waals surface area contributed by atoms with Gasteiger partial charge in [-0.25, -0.2) is 0 Å². The maximum Gasteiger partial charge on any atom is 0.321 e. The third-order valence-electron chi connectivity index (χ3n) is 1.96. The molecular formula is C9H16N2O8. The molecule has 110 valence electrons. The zero-order valence-electron chi connectivity index (χ0n) is 9.89. The van der Waals surface area contributed by atoms with E-state index in [1.807, 2.05) is 0 Å². The summed E-state index contributed by atoms with van der Waals surface area (Å²) in [6.07, 6.45) is -2.46. The third kappa shape index (κ3) is 8.05. The summed E-state index contributed by atoms with van der Waals surface area (Å²) in [6.45, 7) is -0.668. The van der Waals surface area contributed by atoms with Crippen LogP contribution in [0.25, 0.3) is 0 Å². The molecule has 0 rings (SSSR count). The molecule has 0 heterocycles. The summed E-state index contributed by atoms with van der Waals surface area (Å²) in [7, 11) is 0. The molecule has 0 aliphatic heterocycles. The van der Waals surface area contributed by atoms with Gasteiger partial charge < -0.3 is 36.3 Å². The molecule has 19 heavy (non-hydrogen) atoms. The molecule has 0 aromatic heterocycles. The minimum absolute atomic E-state index is 0.387. The van der Waals surface area contributed by atoms with Crippen molar-refractivity contribution in [2.75, 3.05) is 6.79 Å². The van der Waals surface area contributed by atoms with E-state index >= 15 is 0 Å². The second kappa shape index (κ2) is 8.37. The monoisotopic (exact) mass is 280 g/mol. The summed E-state index contributed by atoms with van der Waals surface area (Å²) >= 11 is 0. The van der Waals surface area contributed by atoms with E-state index in [2.05, 4.69) is 9.47 Å². The van der Waals surface area contributed by atoms with Gasteiger partial charge >= 0.3 is 17.9 Å². The summed E-state index contributed by atoms with van der Waals surface area (Å²) in [4.78, 5) is 31.7. The molecule has 0 bridgehead atoms. The van der Waals surface area contributed by atoms with Crippen molar-refractivity contribution in [1.82, 2.24) is 0 Å². The molecule has 10 nitrogen and oxygen atoms in total. The van der Waals surface area contributed by atoms with Crippen LogP contribution in [0.1, 0.15) is 12.8 Å². The Morgan fingerprint density at radius 1 is 1.05 bits per heavy atom. The number of ether oxygens (including phenoxy) is 2. The second-order valence-corrected chi connectivity index (χ2v) is 3.58. The molecule has 0 aromatic rings. The van der Waals surface area contributed by atoms with Gasteiger partial charge in [0.25, 0.3) is 0 Å². The summed E-state index contributed by atoms with van der Waals surface area (Å²) in [5.74, 6) is -3.60. The number of carbonyl (C=O) groups excluding carboxylic acids is 1. The van der Waals surface area contributed by atoms with Gasteiger partial charge in [0, 0.05) is 6.42 Å². The Morgan fingerprint density at radius 2 is 1.58 bits per heavy atom. The van der Waals surface area contributed by atoms with Crippen LogP contribution in [0.15, 0.2) is 0 Å². The number of carboxylic acids is 2. The minimum atomic E-state index is -1.52. The molecule has 0 saturated heterocycles. The van der Waals surface area contributed by atoms with Crippen LogP contribution in [0.4, 0.5) is 0 Å². The van der Waals surface area contributed by atoms with Gasteiger partial charge in [0.05, 0.1) is 6.42 Å². The molecule has 3 atom stereocenters. The van der Waals surface area contributed by atoms with Crippen molar-refractivity contribution in [3.05, 3.63) is 0 Å². The molecule has 10 heteroatoms. The zero-order chi connectivity index (χ0) is 15.0. The average molecular weight is 280 g/mol. The smallest absolute Gasteiger partial charge is 0.321 e. The largest absolute Gasteiger partial charge is 0.480 e. The first-order valence-corrected chi connectivity index (χ1v) is 5.16. The van der Waals surface area contributed by atoms with E-state index in [-0.39, 0.29) is 6.42 Å². The number of esters is 1. The van der Waals surface area contributed by atoms with Crippen molar-refractivity contribution in [3.8, 4) is 0 Å². The Kier molecular flexibility index (Phi) is 7.60. The molecule has 0 amide bonds. The lowest BCUT2D eigenvalue weighted by Crippen LogP contribution is -2.35. The van der Waals surface area contributed by atoms with Crippen molar-refractivity contribution in [2.24, 2.45) is 11.5 Å². The fraction of sp³-hybridized carbons (Fsp3) is 0.667. The van der Waals surface area contributed by atoms with Gasteiger partial charge in [-0.3, -0.25) is 14.4 Å². The topological polar surface area (TPSA) is 182 Å². The number of aliphatic hydroxyl groups is 1. The van der Waals surface area contributed by atoms with Gasteiger partial charge in [-0.05, 0) is 0 Å². The fourth-order valence-corrected chi connectivity index (χ4v) is 0.890. The number of carboxylic acid groups (broad SMARTS) is 2. The summed E-state index contributed by atoms with van der Waals surface area (Å²) in [6, 6.07) is -2.70. The number of hydrogen-bond donors (Lipinski definition) is 5. The van der Waals surface area contributed by atoms with Crippen molar-refractivity contribution in [2.45, 2.75) is 31.2 Å². The van der Waals surface area contributed by atoms with Crippen LogP contribution < -0.4 is 11.5 Å². The summed E-state index contributed by atoms with van der Waals surface area (Å²) in [5, 5.41) is 26.0. The molecule has 0 aromatic carbocycles. The lowest BCUT2D eigenvalue weighted by Gasteiger charge is -2.14. The lowest BCUT2D eigenvalue weighted by molar-refractivity contribution is -0.188. The van der Waals surface area contributed by atoms with Crippen LogP contribution in [0.5, 0.6) is 0 Å². The first kappa shape index (κ1) is 17.2. The molecule has 0 radical (unpaired) electrons. The van der Waals surface area contributed by atoms with Crippen LogP contribution in [0.2, 0.25) is 0 Å². The van der Waals surface area contributed by atoms with Crippen LogP contribution >= 0.6 is 0 Å². The Labute approximate surface area is 107 Å². The molecule has 0 spiro atoms. The Bertz CT molecular complexity index is 334. The number of aliphatic hydroxyl groups excluding tert-OH is 1. The summed E-state index contributed by atoms with van der Waals surface area (Å²) in [5.41, 5.74) is 10.2. The highest BCUT2D eigenvalue weighted by Gasteiger charge is 2.19. The van der Waals surface area contributed by atoms with Gasteiger partial charge in [-0.2, -0.15) is 0 Å². The molecule has 1 unspecified atom stereocenters. The van der Waals surface area contributed by atoms with Gasteiger partial charge in [-0.1, -0.05) is 0 Å². The van der Waals surface area contributed by atoms with Gasteiger partial charge in [-0.15, -0.1) is 0 Å². The van der Waals surface area contributed by atoms with E-state index < -0.39 is 49.5 Å². The third-order valence-corrected chi connectivity index (χ3v) is 1.96. The van der Waals surface area contributed by atoms with Crippen molar-refractivity contribution >= 4 is 17.9 Å². The number of hydrogen-bond acceptors (Lipinski definition) is 8. The number of carbonyl (C=O) groups is 3. The minimum Gasteiger partial charge on any atom is -0.480 e. The summed E-state index contributed by atoms with van der Waals surface area (Å²) < 4.78 is 8.98. The van der Waals surface area contributed by atoms with Crippen LogP contribution in [0.3, 0.4) is 0 Å². The van der Waals surface area contributed by atoms with E-state index in [0.29, 0.717) is 0 Å². The fourth-order valence-electron chi connectivity index (χ4n) is 0.890. The molecule has 7 N–H and O–H groups in total. The highest BCUT2D eigenvalue weighted by atomic mass is 16.7. The van der Waals surface area contributed by atoms with Crippen LogP contribution in [-0.2, 0) is 23.9 Å². The Balaban J connectivity index is 3.81. The van der Waals surface area contributed by atoms with Crippen molar-refractivity contribution in [1.29, 1.82) is 0 Å². The Morgan fingerprint density at radius 3 is 2.05 bits per heavy atom. The first-order valence-electron chi connectivity index (χ1n) is 5.16. The molecule has 0 saturated carbocycles. The molecule has 0 aliphatic rings. The molecule has 0 fully saturated rings. The number of aliphatic carboxylic acids is 2. The molecular weight excluding hydrogens is 264 g/mol. The standard InChI is InChI=1S/C9H16N2O8/c10-4(8(14)15)1-6(12)18-3-19-7(13)2-5(11)9(16)17/h4-6,12H,1-3,10-11H2,(H,14,15)(H,16,17)/t4-,5-,6?/m0/s1. The van der Waals surface area contributed by atoms with Crippen LogP contribution in [-0.4, -0.2) is 58.4 Å². The SMILES string of the molecule is N[C@@H](CC(=O)OCOC(O)C[C@H](N)C(=O)O)C(=O)O. The second-order valence-electron chi connectivity index (χ2n) is 3.58. The first-order chi connectivity index (χ1) is 8.73. The van der Waals surface area contributed by atoms with E-state index in [1.54, 1.807) is 0 Å². The maximum absolute atomic E-state index is 11.0. The maximum atomic E-state index is 11.0. The highest BCUT2D eigenvalue weighted by Crippen LogP contribution is 2.00. The van der Waals surface area contributed by atoms with Gasteiger partial charge in [0.1, 0.15) is 12.1 Å². The van der Waals surface area contributed by atoms with Gasteiger partial charge in [0.15, 0.2) is 13.1 Å². The van der Waals surface area contributed by atoms with Crippen LogP contribution in [0, 0.1) is 0 Å². The normalized spacial score (nSPS) is 15.3. The predicted octanol–water partition coefficient (Wildman–Crippen LogP) is -2.57. The average Bonchev–Trinajstić information content (AvgIpc) is 2.28. The van der Waals surface area contributed by atoms with Crippen molar-refractivity contribution < 1.29 is 39.2 Å². The number of nitrogens with two attached hydrogens (primary N) is 2. The highest BCUT2D eigenvalue weighted by molar-refractivity contribution is 5.81. The quantitative estimate of drug-likeness (QED) is 0.222. The zero-order valence-corrected chi connectivity index (χ0v) is 9.89. The predicted molar refractivity (Wildman–Crippen MR) is 58.5 cm³/mol. The number of rotatable bonds is 9. The van der Waals surface area contributed by atoms with E-state index in [9.17, 15) is 19.5 Å². The van der Waals surface area contributed by atoms with E-state index in [0.717, 1.165) is 0 Å². The Hall–Kier alpha value is -1.75. The van der Waals surface area contributed by atoms with Gasteiger partial charge in [0.2, 0.25) is 0 Å². The van der Waals surface area contributed by atoms with Crippen molar-refractivity contribution in [3.63, 3.8) is 0 Å². The molecule has 0 aliphatic carbocycles. The van der Waals surface area contributed by atoms with E-state index in [4.69, 9.17) is 21.7 Å². The lowest BCUT2D eigenvalue weighted by atomic mass is 10.2. The van der Waals surface area contributed by atoms with E-state index in [1.165, 1.54) is 0 Å².